The lowest BCUT2D eigenvalue weighted by molar-refractivity contribution is -0.138. The van der Waals surface area contributed by atoms with Gasteiger partial charge in [0.05, 0.1) is 5.69 Å². The van der Waals surface area contributed by atoms with Gasteiger partial charge in [-0.1, -0.05) is 34.0 Å². The Hall–Kier alpha value is -1.64. The summed E-state index contributed by atoms with van der Waals surface area (Å²) in [4.78, 5) is 32.9. The molecule has 2 aliphatic carbocycles. The molecule has 6 nitrogen and oxygen atoms in total. The zero-order valence-corrected chi connectivity index (χ0v) is 27.4. The molecule has 0 radical (unpaired) electrons. The van der Waals surface area contributed by atoms with Crippen molar-refractivity contribution in [1.82, 2.24) is 15.2 Å². The molecule has 2 amide bonds. The first kappa shape index (κ1) is 29.8. The van der Waals surface area contributed by atoms with Crippen LogP contribution < -0.4 is 5.32 Å². The van der Waals surface area contributed by atoms with E-state index in [1.54, 1.807) is 0 Å². The van der Waals surface area contributed by atoms with Crippen LogP contribution in [-0.2, 0) is 22.4 Å². The third-order valence-corrected chi connectivity index (χ3v) is 9.79. The van der Waals surface area contributed by atoms with Crippen LogP contribution in [0, 0.1) is 11.8 Å². The van der Waals surface area contributed by atoms with Gasteiger partial charge in [-0.05, 0) is 122 Å². The Morgan fingerprint density at radius 1 is 1.05 bits per heavy atom. The Morgan fingerprint density at radius 2 is 1.77 bits per heavy atom. The van der Waals surface area contributed by atoms with Crippen LogP contribution in [0.15, 0.2) is 33.3 Å². The van der Waals surface area contributed by atoms with E-state index in [-0.39, 0.29) is 23.8 Å². The van der Waals surface area contributed by atoms with E-state index < -0.39 is 11.7 Å². The summed E-state index contributed by atoms with van der Waals surface area (Å²) in [5.74, 6) is 0.700. The minimum atomic E-state index is -0.537. The summed E-state index contributed by atoms with van der Waals surface area (Å²) in [5.41, 5.74) is 4.47. The number of amides is 2. The predicted molar refractivity (Wildman–Crippen MR) is 165 cm³/mol. The number of alkyl carbamates (subject to hydrolysis) is 1. The van der Waals surface area contributed by atoms with Crippen LogP contribution in [0.1, 0.15) is 87.6 Å². The van der Waals surface area contributed by atoms with Crippen molar-refractivity contribution in [2.24, 2.45) is 11.8 Å². The summed E-state index contributed by atoms with van der Waals surface area (Å²) < 4.78 is 7.48. The molecule has 1 saturated carbocycles. The number of carbonyl (C=O) groups excluding carboxylic acids is 2. The van der Waals surface area contributed by atoms with Crippen molar-refractivity contribution in [1.29, 1.82) is 0 Å². The topological polar surface area (TPSA) is 71.5 Å². The van der Waals surface area contributed by atoms with Gasteiger partial charge in [0.25, 0.3) is 0 Å². The zero-order valence-electron chi connectivity index (χ0n) is 23.4. The highest BCUT2D eigenvalue weighted by Gasteiger charge is 2.38. The molecule has 2 aromatic rings. The number of likely N-dealkylation sites (tertiary alicyclic amines) is 1. The Balaban J connectivity index is 1.28. The average Bonchev–Trinajstić information content (AvgIpc) is 3.04. The third kappa shape index (κ3) is 6.87. The van der Waals surface area contributed by atoms with Crippen LogP contribution in [0.2, 0.25) is 5.02 Å². The lowest BCUT2D eigenvalue weighted by Crippen LogP contribution is -2.47. The fourth-order valence-corrected chi connectivity index (χ4v) is 8.26. The van der Waals surface area contributed by atoms with E-state index in [1.807, 2.05) is 33.0 Å². The SMILES string of the molecule is CC(C)(C)OC(=O)NC1CCCC(C(=O)N2CCC(C3c4ncc(Br)cc4CCc4cc(Cl)cc(Br)c43)CC2)C1. The van der Waals surface area contributed by atoms with E-state index in [0.717, 1.165) is 77.7 Å². The van der Waals surface area contributed by atoms with Crippen molar-refractivity contribution < 1.29 is 14.3 Å². The summed E-state index contributed by atoms with van der Waals surface area (Å²) in [5, 5.41) is 3.74. The quantitative estimate of drug-likeness (QED) is 0.356. The van der Waals surface area contributed by atoms with Gasteiger partial charge in [0, 0.05) is 51.1 Å². The molecule has 1 N–H and O–H groups in total. The highest BCUT2D eigenvalue weighted by Crippen LogP contribution is 2.46. The second-order valence-electron chi connectivity index (χ2n) is 12.5. The van der Waals surface area contributed by atoms with Crippen molar-refractivity contribution >= 4 is 55.5 Å². The molecule has 40 heavy (non-hydrogen) atoms. The molecule has 9 heteroatoms. The molecule has 1 aliphatic heterocycles. The van der Waals surface area contributed by atoms with Crippen molar-refractivity contribution in [2.75, 3.05) is 13.1 Å². The number of ether oxygens (including phenoxy) is 1. The van der Waals surface area contributed by atoms with Crippen LogP contribution >= 0.6 is 43.5 Å². The van der Waals surface area contributed by atoms with Gasteiger partial charge >= 0.3 is 6.09 Å². The largest absolute Gasteiger partial charge is 0.444 e. The number of fused-ring (bicyclic) bond motifs is 2. The maximum atomic E-state index is 13.6. The molecular weight excluding hydrogens is 658 g/mol. The molecule has 3 unspecified atom stereocenters. The van der Waals surface area contributed by atoms with Crippen LogP contribution in [-0.4, -0.2) is 46.6 Å². The molecule has 3 atom stereocenters. The van der Waals surface area contributed by atoms with Gasteiger partial charge in [-0.3, -0.25) is 9.78 Å². The number of rotatable bonds is 3. The van der Waals surface area contributed by atoms with E-state index in [2.05, 4.69) is 54.2 Å². The monoisotopic (exact) mass is 693 g/mol. The minimum absolute atomic E-state index is 0.0244. The number of piperidine rings is 1. The zero-order chi connectivity index (χ0) is 28.6. The second kappa shape index (κ2) is 12.3. The van der Waals surface area contributed by atoms with Crippen molar-refractivity contribution in [2.45, 2.75) is 89.7 Å². The van der Waals surface area contributed by atoms with Gasteiger partial charge in [0.15, 0.2) is 0 Å². The molecule has 0 spiro atoms. The number of carbonyl (C=O) groups is 2. The number of nitrogens with zero attached hydrogens (tertiary/aromatic N) is 2. The Labute approximate surface area is 259 Å². The Morgan fingerprint density at radius 3 is 2.50 bits per heavy atom. The number of aromatic nitrogens is 1. The maximum absolute atomic E-state index is 13.6. The van der Waals surface area contributed by atoms with Crippen molar-refractivity contribution in [3.63, 3.8) is 0 Å². The number of hydrogen-bond donors (Lipinski definition) is 1. The van der Waals surface area contributed by atoms with Gasteiger partial charge in [-0.25, -0.2) is 4.79 Å². The van der Waals surface area contributed by atoms with Gasteiger partial charge in [0.2, 0.25) is 5.91 Å². The lowest BCUT2D eigenvalue weighted by Gasteiger charge is -2.39. The van der Waals surface area contributed by atoms with E-state index >= 15 is 0 Å². The molecule has 5 rings (SSSR count). The van der Waals surface area contributed by atoms with E-state index in [1.165, 1.54) is 16.7 Å². The smallest absolute Gasteiger partial charge is 0.407 e. The van der Waals surface area contributed by atoms with E-state index in [0.29, 0.717) is 12.3 Å². The summed E-state index contributed by atoms with van der Waals surface area (Å²) in [6.45, 7) is 7.07. The first-order valence-electron chi connectivity index (χ1n) is 14.4. The van der Waals surface area contributed by atoms with Crippen LogP contribution in [0.3, 0.4) is 0 Å². The summed E-state index contributed by atoms with van der Waals surface area (Å²) in [6, 6.07) is 6.29. The predicted octanol–water partition coefficient (Wildman–Crippen LogP) is 7.81. The number of pyridine rings is 1. The molecule has 2 fully saturated rings. The highest BCUT2D eigenvalue weighted by atomic mass is 79.9. The van der Waals surface area contributed by atoms with Crippen LogP contribution in [0.5, 0.6) is 0 Å². The minimum Gasteiger partial charge on any atom is -0.444 e. The van der Waals surface area contributed by atoms with Gasteiger partial charge < -0.3 is 15.0 Å². The number of halogens is 3. The lowest BCUT2D eigenvalue weighted by atomic mass is 9.76. The normalized spacial score (nSPS) is 23.6. The third-order valence-electron chi connectivity index (χ3n) is 8.48. The first-order valence-corrected chi connectivity index (χ1v) is 16.4. The fourth-order valence-electron chi connectivity index (χ4n) is 6.76. The standard InChI is InChI=1S/C31H38Br2ClN3O3/c1-31(2,3)40-30(39)36-24-6-4-5-21(15-24)29(38)37-11-9-18(10-12-37)27-26-19(14-23(34)16-25(26)33)7-8-20-13-22(32)17-35-28(20)27/h13-14,16-18,21,24,27H,4-12,15H2,1-3H3,(H,36,39). The van der Waals surface area contributed by atoms with Crippen LogP contribution in [0.25, 0.3) is 0 Å². The van der Waals surface area contributed by atoms with Crippen LogP contribution in [0.4, 0.5) is 4.79 Å². The molecule has 1 aromatic heterocycles. The maximum Gasteiger partial charge on any atom is 0.407 e. The summed E-state index contributed by atoms with van der Waals surface area (Å²) in [7, 11) is 0. The number of hydrogen-bond acceptors (Lipinski definition) is 4. The number of aryl methyl sites for hydroxylation is 2. The summed E-state index contributed by atoms with van der Waals surface area (Å²) in [6.07, 6.45) is 8.57. The highest BCUT2D eigenvalue weighted by molar-refractivity contribution is 9.10. The molecule has 1 saturated heterocycles. The molecule has 3 aliphatic rings. The van der Waals surface area contributed by atoms with Crippen molar-refractivity contribution in [3.05, 3.63) is 60.7 Å². The van der Waals surface area contributed by atoms with Crippen molar-refractivity contribution in [3.8, 4) is 0 Å². The molecular formula is C31H38Br2ClN3O3. The Bertz CT molecular complexity index is 1270. The van der Waals surface area contributed by atoms with Gasteiger partial charge in [-0.2, -0.15) is 0 Å². The number of nitrogens with one attached hydrogen (secondary N) is 1. The van der Waals surface area contributed by atoms with E-state index in [4.69, 9.17) is 21.3 Å². The average molecular weight is 696 g/mol. The first-order chi connectivity index (χ1) is 19.0. The summed E-state index contributed by atoms with van der Waals surface area (Å²) >= 11 is 13.9. The second-order valence-corrected chi connectivity index (χ2v) is 14.7. The Kier molecular flexibility index (Phi) is 9.18. The number of benzene rings is 1. The van der Waals surface area contributed by atoms with E-state index in [9.17, 15) is 9.59 Å². The van der Waals surface area contributed by atoms with Gasteiger partial charge in [-0.15, -0.1) is 0 Å². The molecule has 2 heterocycles. The molecule has 1 aromatic carbocycles. The molecule has 0 bridgehead atoms. The molecule has 216 valence electrons. The van der Waals surface area contributed by atoms with Gasteiger partial charge in [0.1, 0.15) is 5.60 Å². The fraction of sp³-hybridized carbons (Fsp3) is 0.581.